The average Bonchev–Trinajstić information content (AvgIpc) is 3.02. The molecule has 1 aliphatic rings. The smallest absolute Gasteiger partial charge is 0.337 e. The molecule has 4 rings (SSSR count). The number of esters is 1. The second-order valence-corrected chi connectivity index (χ2v) is 8.87. The molecule has 3 aromatic rings. The van der Waals surface area contributed by atoms with Gasteiger partial charge in [-0.05, 0) is 43.0 Å². The lowest BCUT2D eigenvalue weighted by Crippen LogP contribution is -2.32. The summed E-state index contributed by atoms with van der Waals surface area (Å²) in [5.41, 5.74) is 1.69. The van der Waals surface area contributed by atoms with Crippen LogP contribution < -0.4 is 10.9 Å². The summed E-state index contributed by atoms with van der Waals surface area (Å²) in [6, 6.07) is 14.7. The van der Waals surface area contributed by atoms with Crippen molar-refractivity contribution in [1.29, 1.82) is 0 Å². The summed E-state index contributed by atoms with van der Waals surface area (Å²) in [7, 11) is 1.31. The van der Waals surface area contributed by atoms with E-state index >= 15 is 0 Å². The molecule has 1 atom stereocenters. The second kappa shape index (κ2) is 9.99. The summed E-state index contributed by atoms with van der Waals surface area (Å²) in [5, 5.41) is 3.55. The Hall–Kier alpha value is -3.13. The Balaban J connectivity index is 1.75. The quantitative estimate of drug-likeness (QED) is 0.457. The number of carbonyl (C=O) groups excluding carboxylic acids is 2. The predicted molar refractivity (Wildman–Crippen MR) is 124 cm³/mol. The molecule has 0 saturated carbocycles. The fourth-order valence-electron chi connectivity index (χ4n) is 3.77. The first-order valence-electron chi connectivity index (χ1n) is 10.7. The molecule has 1 fully saturated rings. The van der Waals surface area contributed by atoms with Crippen LogP contribution in [0.1, 0.15) is 35.2 Å². The van der Waals surface area contributed by atoms with E-state index in [0.29, 0.717) is 41.1 Å². The molecule has 166 valence electrons. The number of hydrogen-bond acceptors (Lipinski definition) is 6. The molecule has 2 aromatic carbocycles. The van der Waals surface area contributed by atoms with Gasteiger partial charge in [0.15, 0.2) is 5.16 Å². The molecule has 8 heteroatoms. The first-order valence-corrected chi connectivity index (χ1v) is 11.6. The van der Waals surface area contributed by atoms with Crippen LogP contribution in [-0.4, -0.2) is 40.3 Å². The van der Waals surface area contributed by atoms with E-state index in [4.69, 9.17) is 9.72 Å². The van der Waals surface area contributed by atoms with Crippen molar-refractivity contribution in [3.05, 3.63) is 70.0 Å². The van der Waals surface area contributed by atoms with Gasteiger partial charge >= 0.3 is 5.97 Å². The lowest BCUT2D eigenvalue weighted by molar-refractivity contribution is -0.120. The molecular formula is C24H25N3O4S. The van der Waals surface area contributed by atoms with Crippen LogP contribution in [0.3, 0.4) is 0 Å². The van der Waals surface area contributed by atoms with Crippen molar-refractivity contribution in [2.75, 3.05) is 13.7 Å². The predicted octanol–water partition coefficient (Wildman–Crippen LogP) is 3.19. The van der Waals surface area contributed by atoms with Crippen LogP contribution in [0.4, 0.5) is 0 Å². The van der Waals surface area contributed by atoms with Crippen LogP contribution in [0.15, 0.2) is 58.5 Å². The molecule has 1 amide bonds. The fourth-order valence-corrected chi connectivity index (χ4v) is 4.95. The number of fused-ring (bicyclic) bond motifs is 1. The SMILES string of the molecule is COC(=O)c1ccc2c(=O)n(CCc3ccccc3)c(SC3CCCCNC3=O)nc2c1. The summed E-state index contributed by atoms with van der Waals surface area (Å²) in [6.45, 7) is 1.12. The third-order valence-electron chi connectivity index (χ3n) is 5.54. The number of nitrogens with one attached hydrogen (secondary N) is 1. The van der Waals surface area contributed by atoms with Crippen molar-refractivity contribution >= 4 is 34.5 Å². The summed E-state index contributed by atoms with van der Waals surface area (Å²) >= 11 is 1.32. The molecule has 7 nitrogen and oxygen atoms in total. The maximum absolute atomic E-state index is 13.4. The number of rotatable bonds is 6. The molecule has 1 N–H and O–H groups in total. The number of nitrogens with zero attached hydrogens (tertiary/aromatic N) is 2. The van der Waals surface area contributed by atoms with E-state index in [0.717, 1.165) is 24.8 Å². The van der Waals surface area contributed by atoms with E-state index in [2.05, 4.69) is 5.32 Å². The highest BCUT2D eigenvalue weighted by atomic mass is 32.2. The van der Waals surface area contributed by atoms with Crippen LogP contribution in [0, 0.1) is 0 Å². The highest BCUT2D eigenvalue weighted by Gasteiger charge is 2.25. The first kappa shape index (κ1) is 22.1. The minimum Gasteiger partial charge on any atom is -0.465 e. The number of aromatic nitrogens is 2. The number of ether oxygens (including phenoxy) is 1. The minimum atomic E-state index is -0.487. The van der Waals surface area contributed by atoms with Crippen molar-refractivity contribution in [1.82, 2.24) is 14.9 Å². The van der Waals surface area contributed by atoms with Gasteiger partial charge < -0.3 is 10.1 Å². The zero-order valence-electron chi connectivity index (χ0n) is 17.9. The van der Waals surface area contributed by atoms with E-state index < -0.39 is 5.97 Å². The van der Waals surface area contributed by atoms with Gasteiger partial charge in [-0.15, -0.1) is 0 Å². The monoisotopic (exact) mass is 451 g/mol. The maximum atomic E-state index is 13.4. The van der Waals surface area contributed by atoms with E-state index in [9.17, 15) is 14.4 Å². The number of methoxy groups -OCH3 is 1. The van der Waals surface area contributed by atoms with Crippen molar-refractivity contribution in [2.45, 2.75) is 42.6 Å². The normalized spacial score (nSPS) is 16.4. The number of amides is 1. The number of benzene rings is 2. The van der Waals surface area contributed by atoms with E-state index in [1.54, 1.807) is 22.8 Å². The van der Waals surface area contributed by atoms with Crippen LogP contribution in [0.2, 0.25) is 0 Å². The van der Waals surface area contributed by atoms with E-state index in [1.807, 2.05) is 30.3 Å². The molecule has 0 aliphatic carbocycles. The molecule has 1 saturated heterocycles. The van der Waals surface area contributed by atoms with Crippen molar-refractivity contribution in [2.24, 2.45) is 0 Å². The summed E-state index contributed by atoms with van der Waals surface area (Å²) in [5.74, 6) is -0.515. The Morgan fingerprint density at radius 2 is 2.00 bits per heavy atom. The number of thioether (sulfide) groups is 1. The fraction of sp³-hybridized carbons (Fsp3) is 0.333. The van der Waals surface area contributed by atoms with Crippen molar-refractivity contribution < 1.29 is 14.3 Å². The highest BCUT2D eigenvalue weighted by molar-refractivity contribution is 8.00. The first-order chi connectivity index (χ1) is 15.6. The molecule has 1 aliphatic heterocycles. The Labute approximate surface area is 190 Å². The topological polar surface area (TPSA) is 90.3 Å². The highest BCUT2D eigenvalue weighted by Crippen LogP contribution is 2.28. The van der Waals surface area contributed by atoms with Crippen LogP contribution >= 0.6 is 11.8 Å². The Kier molecular flexibility index (Phi) is 6.90. The lowest BCUT2D eigenvalue weighted by atomic mass is 10.1. The third kappa shape index (κ3) is 4.85. The number of carbonyl (C=O) groups is 2. The van der Waals surface area contributed by atoms with Crippen LogP contribution in [0.25, 0.3) is 10.9 Å². The molecule has 1 unspecified atom stereocenters. The Morgan fingerprint density at radius 3 is 2.78 bits per heavy atom. The van der Waals surface area contributed by atoms with E-state index in [-0.39, 0.29) is 16.7 Å². The molecule has 32 heavy (non-hydrogen) atoms. The minimum absolute atomic E-state index is 0.0280. The zero-order valence-corrected chi connectivity index (χ0v) is 18.7. The summed E-state index contributed by atoms with van der Waals surface area (Å²) in [6.07, 6.45) is 3.27. The summed E-state index contributed by atoms with van der Waals surface area (Å²) < 4.78 is 6.45. The number of hydrogen-bond donors (Lipinski definition) is 1. The largest absolute Gasteiger partial charge is 0.465 e. The van der Waals surface area contributed by atoms with Gasteiger partial charge in [0, 0.05) is 13.1 Å². The van der Waals surface area contributed by atoms with Gasteiger partial charge in [0.2, 0.25) is 5.91 Å². The molecule has 0 radical (unpaired) electrons. The van der Waals surface area contributed by atoms with Gasteiger partial charge in [-0.1, -0.05) is 48.5 Å². The van der Waals surface area contributed by atoms with Gasteiger partial charge in [-0.3, -0.25) is 14.2 Å². The molecule has 0 bridgehead atoms. The number of aryl methyl sites for hydroxylation is 1. The van der Waals surface area contributed by atoms with Gasteiger partial charge in [0.1, 0.15) is 0 Å². The van der Waals surface area contributed by atoms with Crippen LogP contribution in [0.5, 0.6) is 0 Å². The van der Waals surface area contributed by atoms with Crippen LogP contribution in [-0.2, 0) is 22.5 Å². The molecule has 0 spiro atoms. The van der Waals surface area contributed by atoms with Crippen molar-refractivity contribution in [3.8, 4) is 0 Å². The summed E-state index contributed by atoms with van der Waals surface area (Å²) in [4.78, 5) is 42.6. The second-order valence-electron chi connectivity index (χ2n) is 7.70. The van der Waals surface area contributed by atoms with Crippen molar-refractivity contribution in [3.63, 3.8) is 0 Å². The van der Waals surface area contributed by atoms with Gasteiger partial charge in [-0.25, -0.2) is 9.78 Å². The van der Waals surface area contributed by atoms with Gasteiger partial charge in [0.25, 0.3) is 5.56 Å². The lowest BCUT2D eigenvalue weighted by Gasteiger charge is -2.17. The Bertz CT molecular complexity index is 1190. The van der Waals surface area contributed by atoms with Gasteiger partial charge in [0.05, 0.1) is 28.8 Å². The third-order valence-corrected chi connectivity index (χ3v) is 6.80. The average molecular weight is 452 g/mol. The van der Waals surface area contributed by atoms with Gasteiger partial charge in [-0.2, -0.15) is 0 Å². The maximum Gasteiger partial charge on any atom is 0.337 e. The molecular weight excluding hydrogens is 426 g/mol. The standard InChI is InChI=1S/C24H25N3O4S/c1-31-23(30)17-10-11-18-19(15-17)26-24(32-20-9-5-6-13-25-21(20)28)27(22(18)29)14-12-16-7-3-2-4-8-16/h2-4,7-8,10-11,15,20H,5-6,9,12-14H2,1H3,(H,25,28). The zero-order chi connectivity index (χ0) is 22.5. The Morgan fingerprint density at radius 1 is 1.19 bits per heavy atom. The molecule has 2 heterocycles. The molecule has 1 aromatic heterocycles. The van der Waals surface area contributed by atoms with E-state index in [1.165, 1.54) is 18.9 Å².